The molecule has 1 aliphatic heterocycles. The molecule has 1 amide bonds. The first-order chi connectivity index (χ1) is 15.1. The molecule has 1 saturated heterocycles. The maximum atomic E-state index is 13.3. The number of carbonyl (C=O) groups excluding carboxylic acids is 1. The van der Waals surface area contributed by atoms with Crippen molar-refractivity contribution in [2.45, 2.75) is 32.6 Å². The van der Waals surface area contributed by atoms with Crippen LogP contribution >= 0.6 is 0 Å². The number of piperidine rings is 1. The largest absolute Gasteiger partial charge is 0.356 e. The molecule has 2 aromatic heterocycles. The van der Waals surface area contributed by atoms with E-state index in [4.69, 9.17) is 9.51 Å². The molecule has 0 saturated carbocycles. The van der Waals surface area contributed by atoms with Crippen LogP contribution in [0.3, 0.4) is 0 Å². The minimum absolute atomic E-state index is 0.0974. The van der Waals surface area contributed by atoms with E-state index in [0.29, 0.717) is 18.8 Å². The summed E-state index contributed by atoms with van der Waals surface area (Å²) in [6.07, 6.45) is 3.53. The molecule has 0 bridgehead atoms. The Bertz CT molecular complexity index is 1250. The van der Waals surface area contributed by atoms with Crippen LogP contribution in [0.15, 0.2) is 59.3 Å². The van der Waals surface area contributed by atoms with Crippen molar-refractivity contribution in [2.24, 2.45) is 0 Å². The summed E-state index contributed by atoms with van der Waals surface area (Å²) >= 11 is 0. The van der Waals surface area contributed by atoms with Crippen molar-refractivity contribution < 1.29 is 9.32 Å². The predicted molar refractivity (Wildman–Crippen MR) is 119 cm³/mol. The summed E-state index contributed by atoms with van der Waals surface area (Å²) in [5, 5.41) is 6.11. The molecule has 0 radical (unpaired) electrons. The smallest absolute Gasteiger partial charge is 0.254 e. The highest BCUT2D eigenvalue weighted by Gasteiger charge is 2.28. The number of aromatic nitrogens is 3. The van der Waals surface area contributed by atoms with Gasteiger partial charge in [0.25, 0.3) is 5.91 Å². The highest BCUT2D eigenvalue weighted by atomic mass is 16.5. The van der Waals surface area contributed by atoms with E-state index < -0.39 is 0 Å². The average Bonchev–Trinajstić information content (AvgIpc) is 3.24. The Morgan fingerprint density at radius 2 is 1.84 bits per heavy atom. The van der Waals surface area contributed by atoms with Crippen LogP contribution in [0.4, 0.5) is 0 Å². The van der Waals surface area contributed by atoms with Gasteiger partial charge in [-0.15, -0.1) is 0 Å². The molecule has 2 aromatic carbocycles. The van der Waals surface area contributed by atoms with Gasteiger partial charge in [0.05, 0.1) is 17.0 Å². The van der Waals surface area contributed by atoms with Crippen LogP contribution in [0, 0.1) is 13.8 Å². The molecule has 0 spiro atoms. The van der Waals surface area contributed by atoms with E-state index in [2.05, 4.69) is 10.1 Å². The number of rotatable bonds is 3. The highest BCUT2D eigenvalue weighted by Crippen LogP contribution is 2.34. The fourth-order valence-corrected chi connectivity index (χ4v) is 4.42. The van der Waals surface area contributed by atoms with Crippen molar-refractivity contribution >= 4 is 16.7 Å². The van der Waals surface area contributed by atoms with Crippen molar-refractivity contribution in [1.82, 2.24) is 20.0 Å². The van der Waals surface area contributed by atoms with E-state index in [0.717, 1.165) is 52.0 Å². The first-order valence-corrected chi connectivity index (χ1v) is 10.6. The average molecular weight is 412 g/mol. The topological polar surface area (TPSA) is 72.1 Å². The van der Waals surface area contributed by atoms with Gasteiger partial charge in [0.1, 0.15) is 5.82 Å². The third-order valence-electron chi connectivity index (χ3n) is 6.02. The van der Waals surface area contributed by atoms with Crippen LogP contribution in [-0.4, -0.2) is 39.0 Å². The van der Waals surface area contributed by atoms with Gasteiger partial charge in [0.15, 0.2) is 5.76 Å². The van der Waals surface area contributed by atoms with Gasteiger partial charge in [0.2, 0.25) is 0 Å². The number of aryl methyl sites for hydroxylation is 2. The molecule has 31 heavy (non-hydrogen) atoms. The number of hydrogen-bond donors (Lipinski definition) is 0. The lowest BCUT2D eigenvalue weighted by Gasteiger charge is -2.32. The van der Waals surface area contributed by atoms with Gasteiger partial charge in [-0.1, -0.05) is 41.6 Å². The SMILES string of the molecule is Cc1cc(-c2cnc(C)nc2C2CCN(C(=O)c3cccc4ccccc34)CC2)on1. The van der Waals surface area contributed by atoms with E-state index in [1.807, 2.05) is 73.5 Å². The van der Waals surface area contributed by atoms with E-state index >= 15 is 0 Å². The third-order valence-corrected chi connectivity index (χ3v) is 6.02. The molecule has 6 heteroatoms. The summed E-state index contributed by atoms with van der Waals surface area (Å²) in [5.41, 5.74) is 3.48. The van der Waals surface area contributed by atoms with Crippen molar-refractivity contribution in [1.29, 1.82) is 0 Å². The molecule has 5 rings (SSSR count). The summed E-state index contributed by atoms with van der Waals surface area (Å²) in [6, 6.07) is 15.9. The van der Waals surface area contributed by atoms with Gasteiger partial charge in [-0.2, -0.15) is 0 Å². The van der Waals surface area contributed by atoms with Gasteiger partial charge < -0.3 is 9.42 Å². The van der Waals surface area contributed by atoms with E-state index in [1.165, 1.54) is 0 Å². The molecule has 4 aromatic rings. The molecule has 6 nitrogen and oxygen atoms in total. The second kappa shape index (κ2) is 7.95. The molecule has 0 aliphatic carbocycles. The third kappa shape index (κ3) is 3.69. The first-order valence-electron chi connectivity index (χ1n) is 10.6. The van der Waals surface area contributed by atoms with Gasteiger partial charge in [0, 0.05) is 36.8 Å². The van der Waals surface area contributed by atoms with Gasteiger partial charge in [-0.05, 0) is 43.5 Å². The Labute approximate surface area is 180 Å². The molecule has 3 heterocycles. The van der Waals surface area contributed by atoms with Crippen LogP contribution < -0.4 is 0 Å². The predicted octanol–water partition coefficient (Wildman–Crippen LogP) is 4.92. The van der Waals surface area contributed by atoms with Crippen molar-refractivity contribution in [3.63, 3.8) is 0 Å². The zero-order valence-corrected chi connectivity index (χ0v) is 17.7. The van der Waals surface area contributed by atoms with Crippen LogP contribution in [0.1, 0.15) is 46.3 Å². The van der Waals surface area contributed by atoms with Crippen LogP contribution in [0.25, 0.3) is 22.1 Å². The van der Waals surface area contributed by atoms with Gasteiger partial charge in [-0.3, -0.25) is 4.79 Å². The van der Waals surface area contributed by atoms with Crippen molar-refractivity contribution in [3.8, 4) is 11.3 Å². The Morgan fingerprint density at radius 3 is 2.61 bits per heavy atom. The Hall–Kier alpha value is -3.54. The Balaban J connectivity index is 1.37. The summed E-state index contributed by atoms with van der Waals surface area (Å²) in [5.74, 6) is 1.78. The van der Waals surface area contributed by atoms with Gasteiger partial charge >= 0.3 is 0 Å². The molecule has 1 fully saturated rings. The summed E-state index contributed by atoms with van der Waals surface area (Å²) < 4.78 is 5.49. The Morgan fingerprint density at radius 1 is 1.06 bits per heavy atom. The second-order valence-corrected chi connectivity index (χ2v) is 8.14. The van der Waals surface area contributed by atoms with Crippen LogP contribution in [-0.2, 0) is 0 Å². The highest BCUT2D eigenvalue weighted by molar-refractivity contribution is 6.07. The molecule has 156 valence electrons. The maximum Gasteiger partial charge on any atom is 0.254 e. The number of benzene rings is 2. The minimum Gasteiger partial charge on any atom is -0.356 e. The van der Waals surface area contributed by atoms with E-state index in [9.17, 15) is 4.79 Å². The van der Waals surface area contributed by atoms with Gasteiger partial charge in [-0.25, -0.2) is 9.97 Å². The molecule has 0 atom stereocenters. The number of nitrogens with zero attached hydrogens (tertiary/aromatic N) is 4. The second-order valence-electron chi connectivity index (χ2n) is 8.14. The Kier molecular flexibility index (Phi) is 4.98. The van der Waals surface area contributed by atoms with E-state index in [-0.39, 0.29) is 11.8 Å². The fraction of sp³-hybridized carbons (Fsp3) is 0.280. The molecule has 1 aliphatic rings. The van der Waals surface area contributed by atoms with Crippen molar-refractivity contribution in [3.05, 3.63) is 77.5 Å². The summed E-state index contributed by atoms with van der Waals surface area (Å²) in [7, 11) is 0. The number of carbonyl (C=O) groups is 1. The molecular weight excluding hydrogens is 388 g/mol. The lowest BCUT2D eigenvalue weighted by molar-refractivity contribution is 0.0714. The summed E-state index contributed by atoms with van der Waals surface area (Å²) in [4.78, 5) is 24.4. The van der Waals surface area contributed by atoms with Crippen molar-refractivity contribution in [2.75, 3.05) is 13.1 Å². The fourth-order valence-electron chi connectivity index (χ4n) is 4.42. The lowest BCUT2D eigenvalue weighted by atomic mass is 9.89. The minimum atomic E-state index is 0.0974. The van der Waals surface area contributed by atoms with Crippen LogP contribution in [0.5, 0.6) is 0 Å². The molecular formula is C25H24N4O2. The zero-order chi connectivity index (χ0) is 21.4. The monoisotopic (exact) mass is 412 g/mol. The number of fused-ring (bicyclic) bond motifs is 1. The standard InChI is InChI=1S/C25H24N4O2/c1-16-14-23(31-28-16)22-15-26-17(2)27-24(22)19-10-12-29(13-11-19)25(30)21-9-5-7-18-6-3-4-8-20(18)21/h3-9,14-15,19H,10-13H2,1-2H3. The molecule has 0 N–H and O–H groups in total. The first kappa shape index (κ1) is 19.4. The lowest BCUT2D eigenvalue weighted by Crippen LogP contribution is -2.38. The van der Waals surface area contributed by atoms with Crippen LogP contribution in [0.2, 0.25) is 0 Å². The number of likely N-dealkylation sites (tertiary alicyclic amines) is 1. The summed E-state index contributed by atoms with van der Waals surface area (Å²) in [6.45, 7) is 5.20. The normalized spacial score (nSPS) is 14.8. The number of hydrogen-bond acceptors (Lipinski definition) is 5. The van der Waals surface area contributed by atoms with E-state index in [1.54, 1.807) is 0 Å². The quantitative estimate of drug-likeness (QED) is 0.477. The number of amides is 1. The zero-order valence-electron chi connectivity index (χ0n) is 17.7. The molecule has 0 unspecified atom stereocenters. The maximum absolute atomic E-state index is 13.3.